The third kappa shape index (κ3) is 1.69. The number of pyridine rings is 2. The van der Waals surface area contributed by atoms with Crippen molar-refractivity contribution in [3.8, 4) is 11.1 Å². The summed E-state index contributed by atoms with van der Waals surface area (Å²) in [6, 6.07) is 26.0. The van der Waals surface area contributed by atoms with Crippen LogP contribution in [-0.2, 0) is 6.42 Å². The highest BCUT2D eigenvalue weighted by atomic mass is 15.1. The number of nitrogens with zero attached hydrogens (tertiary/aromatic N) is 3. The van der Waals surface area contributed by atoms with Gasteiger partial charge < -0.3 is 0 Å². The molecule has 0 spiro atoms. The Hall–Kier alpha value is -3.72. The van der Waals surface area contributed by atoms with Crippen molar-refractivity contribution in [2.24, 2.45) is 0 Å². The van der Waals surface area contributed by atoms with Crippen LogP contribution in [0.15, 0.2) is 79.0 Å². The van der Waals surface area contributed by atoms with E-state index in [0.717, 1.165) is 28.7 Å². The van der Waals surface area contributed by atoms with Crippen LogP contribution in [-0.4, -0.2) is 14.4 Å². The van der Waals surface area contributed by atoms with Gasteiger partial charge in [-0.05, 0) is 64.4 Å². The van der Waals surface area contributed by atoms with Crippen LogP contribution in [0.5, 0.6) is 0 Å². The van der Waals surface area contributed by atoms with Gasteiger partial charge in [0.25, 0.3) is 0 Å². The van der Waals surface area contributed by atoms with E-state index in [4.69, 9.17) is 4.98 Å². The van der Waals surface area contributed by atoms with Crippen molar-refractivity contribution in [1.82, 2.24) is 14.4 Å². The van der Waals surface area contributed by atoms with E-state index in [2.05, 4.69) is 70.0 Å². The molecule has 0 radical (unpaired) electrons. The van der Waals surface area contributed by atoms with Gasteiger partial charge in [-0.25, -0.2) is 9.97 Å². The predicted octanol–water partition coefficient (Wildman–Crippen LogP) is 5.76. The Morgan fingerprint density at radius 3 is 2.57 bits per heavy atom. The SMILES string of the molecule is c1ccc2c(c1)Cc1cc3c4ccccc4n4c5ncccc5nc4c3cc1-2. The fourth-order valence-electron chi connectivity index (χ4n) is 4.81. The molecule has 0 saturated carbocycles. The van der Waals surface area contributed by atoms with Gasteiger partial charge in [0, 0.05) is 17.0 Å². The Bertz CT molecular complexity index is 1590. The topological polar surface area (TPSA) is 30.2 Å². The van der Waals surface area contributed by atoms with Gasteiger partial charge >= 0.3 is 0 Å². The predicted molar refractivity (Wildman–Crippen MR) is 114 cm³/mol. The molecule has 3 nitrogen and oxygen atoms in total. The fraction of sp³-hybridized carbons (Fsp3) is 0.0400. The quantitative estimate of drug-likeness (QED) is 0.323. The maximum Gasteiger partial charge on any atom is 0.164 e. The minimum Gasteiger partial charge on any atom is -0.276 e. The average Bonchev–Trinajstić information content (AvgIpc) is 3.31. The molecule has 3 heterocycles. The van der Waals surface area contributed by atoms with Crippen molar-refractivity contribution in [1.29, 1.82) is 0 Å². The molecule has 1 aliphatic rings. The highest BCUT2D eigenvalue weighted by Crippen LogP contribution is 2.41. The molecule has 0 amide bonds. The lowest BCUT2D eigenvalue weighted by Gasteiger charge is -2.11. The van der Waals surface area contributed by atoms with Crippen LogP contribution >= 0.6 is 0 Å². The molecule has 0 atom stereocenters. The van der Waals surface area contributed by atoms with Crippen LogP contribution in [0.25, 0.3) is 49.6 Å². The maximum atomic E-state index is 4.98. The molecule has 0 fully saturated rings. The lowest BCUT2D eigenvalue weighted by atomic mass is 9.98. The Morgan fingerprint density at radius 1 is 0.679 bits per heavy atom. The van der Waals surface area contributed by atoms with E-state index in [1.165, 1.54) is 38.4 Å². The van der Waals surface area contributed by atoms with Gasteiger partial charge in [0.05, 0.1) is 5.52 Å². The first-order valence-corrected chi connectivity index (χ1v) is 9.57. The van der Waals surface area contributed by atoms with Crippen molar-refractivity contribution >= 4 is 38.5 Å². The lowest BCUT2D eigenvalue weighted by Crippen LogP contribution is -1.93. The van der Waals surface area contributed by atoms with Gasteiger partial charge in [0.1, 0.15) is 11.2 Å². The van der Waals surface area contributed by atoms with Crippen LogP contribution in [0.4, 0.5) is 0 Å². The first kappa shape index (κ1) is 14.4. The fourth-order valence-corrected chi connectivity index (χ4v) is 4.81. The van der Waals surface area contributed by atoms with Crippen molar-refractivity contribution in [2.45, 2.75) is 6.42 Å². The number of imidazole rings is 1. The van der Waals surface area contributed by atoms with E-state index >= 15 is 0 Å². The molecule has 0 bridgehead atoms. The monoisotopic (exact) mass is 357 g/mol. The third-order valence-corrected chi connectivity index (χ3v) is 6.02. The molecule has 0 N–H and O–H groups in total. The minimum absolute atomic E-state index is 0.913. The Balaban J connectivity index is 1.75. The summed E-state index contributed by atoms with van der Waals surface area (Å²) in [6.07, 6.45) is 2.84. The zero-order valence-corrected chi connectivity index (χ0v) is 15.1. The van der Waals surface area contributed by atoms with E-state index in [9.17, 15) is 0 Å². The molecule has 130 valence electrons. The number of para-hydroxylation sites is 1. The summed E-state index contributed by atoms with van der Waals surface area (Å²) in [4.78, 5) is 9.61. The lowest BCUT2D eigenvalue weighted by molar-refractivity contribution is 1.25. The molecular formula is C25H15N3. The number of aromatic nitrogens is 3. The van der Waals surface area contributed by atoms with E-state index in [0.29, 0.717) is 0 Å². The summed E-state index contributed by atoms with van der Waals surface area (Å²) in [6.45, 7) is 0. The van der Waals surface area contributed by atoms with Gasteiger partial charge in [-0.1, -0.05) is 42.5 Å². The van der Waals surface area contributed by atoms with Gasteiger partial charge in [-0.15, -0.1) is 0 Å². The van der Waals surface area contributed by atoms with Crippen molar-refractivity contribution in [2.75, 3.05) is 0 Å². The third-order valence-electron chi connectivity index (χ3n) is 6.02. The van der Waals surface area contributed by atoms with Gasteiger partial charge in [0.2, 0.25) is 0 Å². The van der Waals surface area contributed by atoms with E-state index in [-0.39, 0.29) is 0 Å². The number of benzene rings is 3. The van der Waals surface area contributed by atoms with Crippen molar-refractivity contribution in [3.63, 3.8) is 0 Å². The van der Waals surface area contributed by atoms with Crippen LogP contribution < -0.4 is 0 Å². The summed E-state index contributed by atoms with van der Waals surface area (Å²) in [7, 11) is 0. The Kier molecular flexibility index (Phi) is 2.54. The molecule has 0 saturated heterocycles. The number of rotatable bonds is 0. The normalized spacial score (nSPS) is 12.9. The van der Waals surface area contributed by atoms with E-state index < -0.39 is 0 Å². The summed E-state index contributed by atoms with van der Waals surface area (Å²) in [5, 5.41) is 3.70. The summed E-state index contributed by atoms with van der Waals surface area (Å²) in [5.74, 6) is 0. The van der Waals surface area contributed by atoms with E-state index in [1.807, 2.05) is 18.3 Å². The van der Waals surface area contributed by atoms with E-state index in [1.54, 1.807) is 0 Å². The zero-order chi connectivity index (χ0) is 18.2. The highest BCUT2D eigenvalue weighted by Gasteiger charge is 2.21. The highest BCUT2D eigenvalue weighted by molar-refractivity contribution is 6.15. The smallest absolute Gasteiger partial charge is 0.164 e. The maximum absolute atomic E-state index is 4.98. The molecule has 28 heavy (non-hydrogen) atoms. The Labute approximate surface area is 160 Å². The molecule has 3 aromatic heterocycles. The van der Waals surface area contributed by atoms with Gasteiger partial charge in [-0.3, -0.25) is 4.40 Å². The van der Waals surface area contributed by atoms with Gasteiger partial charge in [-0.2, -0.15) is 0 Å². The van der Waals surface area contributed by atoms with Gasteiger partial charge in [0.15, 0.2) is 5.65 Å². The molecule has 0 unspecified atom stereocenters. The van der Waals surface area contributed by atoms with Crippen LogP contribution in [0.3, 0.4) is 0 Å². The number of hydrogen-bond acceptors (Lipinski definition) is 2. The minimum atomic E-state index is 0.913. The molecular weight excluding hydrogens is 342 g/mol. The summed E-state index contributed by atoms with van der Waals surface area (Å²) in [5.41, 5.74) is 9.47. The first-order chi connectivity index (χ1) is 13.9. The molecule has 3 heteroatoms. The molecule has 1 aliphatic carbocycles. The van der Waals surface area contributed by atoms with Crippen molar-refractivity contribution in [3.05, 3.63) is 90.1 Å². The van der Waals surface area contributed by atoms with Crippen LogP contribution in [0.1, 0.15) is 11.1 Å². The first-order valence-electron chi connectivity index (χ1n) is 9.57. The summed E-state index contributed by atoms with van der Waals surface area (Å²) >= 11 is 0. The number of fused-ring (bicyclic) bond motifs is 11. The molecule has 7 rings (SSSR count). The largest absolute Gasteiger partial charge is 0.276 e. The second-order valence-electron chi connectivity index (χ2n) is 7.52. The second kappa shape index (κ2) is 4.96. The van der Waals surface area contributed by atoms with Crippen LogP contribution in [0.2, 0.25) is 0 Å². The standard InChI is InChI=1S/C25H15N3/c1-2-7-17-15(6-1)12-16-13-20-18-8-3-4-10-23(18)28-24(21(20)14-19(16)17)27-22-9-5-11-26-25(22)28/h1-11,13-14H,12H2. The summed E-state index contributed by atoms with van der Waals surface area (Å²) < 4.78 is 2.21. The molecule has 0 aliphatic heterocycles. The van der Waals surface area contributed by atoms with Crippen LogP contribution in [0, 0.1) is 0 Å². The molecule has 6 aromatic rings. The Morgan fingerprint density at radius 2 is 1.57 bits per heavy atom. The average molecular weight is 357 g/mol. The second-order valence-corrected chi connectivity index (χ2v) is 7.52. The number of hydrogen-bond donors (Lipinski definition) is 0. The van der Waals surface area contributed by atoms with Crippen molar-refractivity contribution < 1.29 is 0 Å². The molecule has 3 aromatic carbocycles. The zero-order valence-electron chi connectivity index (χ0n) is 15.1.